The Balaban J connectivity index is 0.000000138. The Morgan fingerprint density at radius 3 is 2.25 bits per heavy atom. The van der Waals surface area contributed by atoms with E-state index in [4.69, 9.17) is 0 Å². The summed E-state index contributed by atoms with van der Waals surface area (Å²) < 4.78 is 0. The summed E-state index contributed by atoms with van der Waals surface area (Å²) in [6.07, 6.45) is 6.67. The van der Waals surface area contributed by atoms with Gasteiger partial charge >= 0.3 is 0 Å². The highest BCUT2D eigenvalue weighted by atomic mass is 16.1. The van der Waals surface area contributed by atoms with Gasteiger partial charge in [0.05, 0.1) is 0 Å². The smallest absolute Gasteiger partial charge is 0.220 e. The molecule has 84 valence electrons. The van der Waals surface area contributed by atoms with E-state index in [9.17, 15) is 4.79 Å². The fraction of sp³-hybridized carbons (Fsp3) is 0.357. The molecule has 1 heterocycles. The van der Waals surface area contributed by atoms with E-state index < -0.39 is 0 Å². The molecule has 16 heavy (non-hydrogen) atoms. The minimum atomic E-state index is 0.204. The van der Waals surface area contributed by atoms with Crippen LogP contribution in [0, 0.1) is 0 Å². The summed E-state index contributed by atoms with van der Waals surface area (Å²) in [5.41, 5.74) is 2.93. The van der Waals surface area contributed by atoms with E-state index in [0.717, 1.165) is 19.4 Å². The molecule has 3 rings (SSSR count). The van der Waals surface area contributed by atoms with E-state index in [1.807, 2.05) is 0 Å². The van der Waals surface area contributed by atoms with Crippen molar-refractivity contribution in [3.8, 4) is 0 Å². The largest absolute Gasteiger partial charge is 0.356 e. The van der Waals surface area contributed by atoms with Gasteiger partial charge in [-0.1, -0.05) is 42.0 Å². The molecule has 0 radical (unpaired) electrons. The van der Waals surface area contributed by atoms with E-state index in [0.29, 0.717) is 0 Å². The van der Waals surface area contributed by atoms with Gasteiger partial charge < -0.3 is 5.32 Å². The monoisotopic (exact) mass is 215 g/mol. The normalized spacial score (nSPS) is 17.2. The summed E-state index contributed by atoms with van der Waals surface area (Å²) in [6, 6.07) is 10.5. The first-order valence-corrected chi connectivity index (χ1v) is 5.86. The zero-order valence-corrected chi connectivity index (χ0v) is 9.41. The van der Waals surface area contributed by atoms with Gasteiger partial charge in [0.2, 0.25) is 5.91 Å². The number of carbonyl (C=O) groups is 1. The number of rotatable bonds is 1. The average Bonchev–Trinajstić information content (AvgIpc) is 2.99. The maximum Gasteiger partial charge on any atom is 0.220 e. The van der Waals surface area contributed by atoms with Crippen molar-refractivity contribution in [1.82, 2.24) is 5.32 Å². The highest BCUT2D eigenvalue weighted by molar-refractivity contribution is 5.77. The van der Waals surface area contributed by atoms with Gasteiger partial charge in [-0.2, -0.15) is 0 Å². The Bertz CT molecular complexity index is 367. The lowest BCUT2D eigenvalue weighted by atomic mass is 10.2. The van der Waals surface area contributed by atoms with Crippen molar-refractivity contribution in [2.45, 2.75) is 25.7 Å². The maximum atomic E-state index is 10.1. The Labute approximate surface area is 96.4 Å². The molecular weight excluding hydrogens is 198 g/mol. The number of allylic oxidation sites excluding steroid dienone is 1. The molecule has 0 unspecified atom stereocenters. The lowest BCUT2D eigenvalue weighted by Gasteiger charge is -1.87. The minimum Gasteiger partial charge on any atom is -0.356 e. The van der Waals surface area contributed by atoms with Crippen molar-refractivity contribution in [3.63, 3.8) is 0 Å². The third kappa shape index (κ3) is 3.89. The predicted octanol–water partition coefficient (Wildman–Crippen LogP) is 2.76. The van der Waals surface area contributed by atoms with Gasteiger partial charge in [-0.05, 0) is 24.8 Å². The van der Waals surface area contributed by atoms with Gasteiger partial charge in [-0.15, -0.1) is 0 Å². The standard InChI is InChI=1S/C10H10.C4H7NO/c1-2-4-9(5-3-1)8-10-6-7-10;6-4-2-1-3-5-4/h1-5,8H,6-7H2;1-3H2,(H,5,6). The van der Waals surface area contributed by atoms with Crippen molar-refractivity contribution in [2.75, 3.05) is 6.54 Å². The first-order valence-electron chi connectivity index (χ1n) is 5.86. The number of nitrogens with one attached hydrogen (secondary N) is 1. The molecule has 0 atom stereocenters. The molecule has 0 aromatic heterocycles. The molecule has 2 heteroatoms. The van der Waals surface area contributed by atoms with Crippen molar-refractivity contribution >= 4 is 12.0 Å². The summed E-state index contributed by atoms with van der Waals surface area (Å²) in [7, 11) is 0. The second kappa shape index (κ2) is 5.50. The molecule has 1 aromatic carbocycles. The lowest BCUT2D eigenvalue weighted by molar-refractivity contribution is -0.119. The Kier molecular flexibility index (Phi) is 3.76. The molecule has 2 fully saturated rings. The van der Waals surface area contributed by atoms with Crippen molar-refractivity contribution < 1.29 is 4.79 Å². The SMILES string of the molecule is C(=C1CC1)c1ccccc1.O=C1CCCN1. The summed E-state index contributed by atoms with van der Waals surface area (Å²) >= 11 is 0. The second-order valence-electron chi connectivity index (χ2n) is 4.17. The predicted molar refractivity (Wildman–Crippen MR) is 65.9 cm³/mol. The summed E-state index contributed by atoms with van der Waals surface area (Å²) in [6.45, 7) is 0.888. The number of amides is 1. The van der Waals surface area contributed by atoms with E-state index in [2.05, 4.69) is 41.7 Å². The average molecular weight is 215 g/mol. The van der Waals surface area contributed by atoms with Gasteiger partial charge in [-0.25, -0.2) is 0 Å². The zero-order chi connectivity index (χ0) is 11.2. The molecular formula is C14H17NO. The van der Waals surface area contributed by atoms with Crippen molar-refractivity contribution in [2.24, 2.45) is 0 Å². The van der Waals surface area contributed by atoms with Crippen LogP contribution in [0.4, 0.5) is 0 Å². The zero-order valence-electron chi connectivity index (χ0n) is 9.41. The van der Waals surface area contributed by atoms with Crippen LogP contribution in [0.5, 0.6) is 0 Å². The molecule has 1 saturated heterocycles. The van der Waals surface area contributed by atoms with Gasteiger partial charge in [0.25, 0.3) is 0 Å². The third-order valence-corrected chi connectivity index (χ3v) is 2.61. The Morgan fingerprint density at radius 2 is 1.81 bits per heavy atom. The molecule has 0 spiro atoms. The van der Waals surface area contributed by atoms with Crippen LogP contribution in [0.15, 0.2) is 35.9 Å². The van der Waals surface area contributed by atoms with Crippen LogP contribution in [0.3, 0.4) is 0 Å². The Hall–Kier alpha value is -1.57. The van der Waals surface area contributed by atoms with Crippen LogP contribution in [-0.4, -0.2) is 12.5 Å². The quantitative estimate of drug-likeness (QED) is 0.766. The van der Waals surface area contributed by atoms with Gasteiger partial charge in [0, 0.05) is 13.0 Å². The first-order chi connectivity index (χ1) is 7.84. The molecule has 1 aliphatic carbocycles. The molecule has 1 aliphatic heterocycles. The lowest BCUT2D eigenvalue weighted by Crippen LogP contribution is -2.12. The molecule has 2 nitrogen and oxygen atoms in total. The fourth-order valence-electron chi connectivity index (χ4n) is 1.57. The molecule has 1 aromatic rings. The minimum absolute atomic E-state index is 0.204. The van der Waals surface area contributed by atoms with Crippen molar-refractivity contribution in [3.05, 3.63) is 41.5 Å². The summed E-state index contributed by atoms with van der Waals surface area (Å²) in [4.78, 5) is 10.1. The second-order valence-corrected chi connectivity index (χ2v) is 4.17. The number of hydrogen-bond acceptors (Lipinski definition) is 1. The third-order valence-electron chi connectivity index (χ3n) is 2.61. The highest BCUT2D eigenvalue weighted by Crippen LogP contribution is 2.29. The summed E-state index contributed by atoms with van der Waals surface area (Å²) in [5.74, 6) is 0.204. The Morgan fingerprint density at radius 1 is 1.06 bits per heavy atom. The molecule has 0 bridgehead atoms. The molecule has 1 N–H and O–H groups in total. The fourth-order valence-corrected chi connectivity index (χ4v) is 1.57. The van der Waals surface area contributed by atoms with E-state index >= 15 is 0 Å². The van der Waals surface area contributed by atoms with Crippen LogP contribution in [0.25, 0.3) is 6.08 Å². The number of hydrogen-bond donors (Lipinski definition) is 1. The van der Waals surface area contributed by atoms with Crippen LogP contribution in [0.2, 0.25) is 0 Å². The van der Waals surface area contributed by atoms with Crippen LogP contribution >= 0.6 is 0 Å². The highest BCUT2D eigenvalue weighted by Gasteiger charge is 2.09. The van der Waals surface area contributed by atoms with Gasteiger partial charge in [0.1, 0.15) is 0 Å². The topological polar surface area (TPSA) is 29.1 Å². The van der Waals surface area contributed by atoms with Crippen molar-refractivity contribution in [1.29, 1.82) is 0 Å². The van der Waals surface area contributed by atoms with Crippen LogP contribution < -0.4 is 5.32 Å². The summed E-state index contributed by atoms with van der Waals surface area (Å²) in [5, 5.41) is 2.68. The van der Waals surface area contributed by atoms with E-state index in [1.54, 1.807) is 5.57 Å². The number of benzene rings is 1. The molecule has 1 amide bonds. The van der Waals surface area contributed by atoms with Crippen LogP contribution in [0.1, 0.15) is 31.2 Å². The van der Waals surface area contributed by atoms with E-state index in [-0.39, 0.29) is 5.91 Å². The van der Waals surface area contributed by atoms with E-state index in [1.165, 1.54) is 18.4 Å². The maximum absolute atomic E-state index is 10.1. The van der Waals surface area contributed by atoms with Gasteiger partial charge in [-0.3, -0.25) is 4.79 Å². The first kappa shape index (κ1) is 10.9. The molecule has 2 aliphatic rings. The van der Waals surface area contributed by atoms with Crippen LogP contribution in [-0.2, 0) is 4.79 Å². The number of carbonyl (C=O) groups excluding carboxylic acids is 1. The van der Waals surface area contributed by atoms with Gasteiger partial charge in [0.15, 0.2) is 0 Å². The molecule has 1 saturated carbocycles.